The van der Waals surface area contributed by atoms with Crippen molar-refractivity contribution in [1.82, 2.24) is 19.7 Å². The third kappa shape index (κ3) is 4.63. The molecular weight excluding hydrogens is 352 g/mol. The van der Waals surface area contributed by atoms with Crippen molar-refractivity contribution in [2.24, 2.45) is 0 Å². The average Bonchev–Trinajstić information content (AvgIpc) is 3.08. The van der Waals surface area contributed by atoms with Crippen molar-refractivity contribution in [1.29, 1.82) is 0 Å². The van der Waals surface area contributed by atoms with Gasteiger partial charge in [-0.15, -0.1) is 0 Å². The van der Waals surface area contributed by atoms with Gasteiger partial charge in [-0.25, -0.2) is 14.5 Å². The van der Waals surface area contributed by atoms with Crippen molar-refractivity contribution >= 4 is 5.97 Å². The van der Waals surface area contributed by atoms with Crippen LogP contribution in [0.2, 0.25) is 0 Å². The maximum absolute atomic E-state index is 11.4. The maximum Gasteiger partial charge on any atom is 0.336 e. The minimum Gasteiger partial charge on any atom is -0.478 e. The third-order valence-electron chi connectivity index (χ3n) is 4.61. The number of unbranched alkanes of at least 4 members (excludes halogenated alkanes) is 1. The van der Waals surface area contributed by atoms with E-state index in [0.29, 0.717) is 17.8 Å². The summed E-state index contributed by atoms with van der Waals surface area (Å²) >= 11 is 0. The SMILES string of the molecule is CCCCc1nc(CCC)nn1Cc1ccc(-c2ccccc2C(=O)O)nc1. The Labute approximate surface area is 165 Å². The Kier molecular flexibility index (Phi) is 6.53. The summed E-state index contributed by atoms with van der Waals surface area (Å²) in [7, 11) is 0. The highest BCUT2D eigenvalue weighted by Crippen LogP contribution is 2.22. The van der Waals surface area contributed by atoms with E-state index in [1.807, 2.05) is 22.9 Å². The largest absolute Gasteiger partial charge is 0.478 e. The van der Waals surface area contributed by atoms with Gasteiger partial charge in [0.05, 0.1) is 17.8 Å². The molecule has 0 saturated heterocycles. The summed E-state index contributed by atoms with van der Waals surface area (Å²) in [4.78, 5) is 20.6. The number of hydrogen-bond acceptors (Lipinski definition) is 4. The highest BCUT2D eigenvalue weighted by molar-refractivity contribution is 5.95. The lowest BCUT2D eigenvalue weighted by molar-refractivity contribution is 0.0697. The number of aromatic carboxylic acids is 1. The number of carboxylic acid groups (broad SMARTS) is 1. The molecule has 2 heterocycles. The fourth-order valence-electron chi connectivity index (χ4n) is 3.15. The van der Waals surface area contributed by atoms with Crippen LogP contribution in [0.5, 0.6) is 0 Å². The van der Waals surface area contributed by atoms with E-state index in [-0.39, 0.29) is 5.56 Å². The summed E-state index contributed by atoms with van der Waals surface area (Å²) in [5.74, 6) is 0.965. The second kappa shape index (κ2) is 9.26. The molecule has 0 atom stereocenters. The first-order valence-corrected chi connectivity index (χ1v) is 9.82. The van der Waals surface area contributed by atoms with Crippen LogP contribution in [-0.4, -0.2) is 30.8 Å². The molecule has 3 aromatic rings. The van der Waals surface area contributed by atoms with Crippen molar-refractivity contribution in [3.63, 3.8) is 0 Å². The predicted molar refractivity (Wildman–Crippen MR) is 108 cm³/mol. The quantitative estimate of drug-likeness (QED) is 0.597. The molecule has 3 rings (SSSR count). The molecule has 1 aromatic carbocycles. The van der Waals surface area contributed by atoms with Crippen LogP contribution < -0.4 is 0 Å². The first kappa shape index (κ1) is 19.7. The summed E-state index contributed by atoms with van der Waals surface area (Å²) in [5, 5.41) is 14.0. The molecule has 6 nitrogen and oxygen atoms in total. The summed E-state index contributed by atoms with van der Waals surface area (Å²) in [5.41, 5.74) is 2.54. The van der Waals surface area contributed by atoms with Crippen LogP contribution >= 0.6 is 0 Å². The molecule has 1 N–H and O–H groups in total. The molecule has 6 heteroatoms. The van der Waals surface area contributed by atoms with E-state index in [9.17, 15) is 9.90 Å². The Morgan fingerprint density at radius 2 is 1.89 bits per heavy atom. The van der Waals surface area contributed by atoms with E-state index in [1.165, 1.54) is 0 Å². The molecular formula is C22H26N4O2. The number of benzene rings is 1. The number of pyridine rings is 1. The van der Waals surface area contributed by atoms with Crippen LogP contribution in [0.1, 0.15) is 60.7 Å². The van der Waals surface area contributed by atoms with Gasteiger partial charge in [0.15, 0.2) is 5.82 Å². The monoisotopic (exact) mass is 378 g/mol. The number of hydrogen-bond donors (Lipinski definition) is 1. The van der Waals surface area contributed by atoms with E-state index in [2.05, 4.69) is 23.9 Å². The standard InChI is InChI=1S/C22H26N4O2/c1-3-5-11-21-24-20(8-4-2)25-26(21)15-16-12-13-19(23-14-16)17-9-6-7-10-18(17)22(27)28/h6-7,9-10,12-14H,3-5,8,11,15H2,1-2H3,(H,27,28). The zero-order valence-electron chi connectivity index (χ0n) is 16.4. The van der Waals surface area contributed by atoms with Crippen molar-refractivity contribution in [3.8, 4) is 11.3 Å². The Hall–Kier alpha value is -3.02. The van der Waals surface area contributed by atoms with E-state index in [4.69, 9.17) is 4.98 Å². The van der Waals surface area contributed by atoms with Gasteiger partial charge in [-0.3, -0.25) is 4.98 Å². The highest BCUT2D eigenvalue weighted by Gasteiger charge is 2.13. The lowest BCUT2D eigenvalue weighted by atomic mass is 10.0. The van der Waals surface area contributed by atoms with Gasteiger partial charge in [0.2, 0.25) is 0 Å². The number of carbonyl (C=O) groups is 1. The molecule has 0 saturated carbocycles. The minimum atomic E-state index is -0.951. The van der Waals surface area contributed by atoms with Gasteiger partial charge < -0.3 is 5.11 Å². The minimum absolute atomic E-state index is 0.255. The van der Waals surface area contributed by atoms with E-state index >= 15 is 0 Å². The molecule has 28 heavy (non-hydrogen) atoms. The number of nitrogens with zero attached hydrogens (tertiary/aromatic N) is 4. The van der Waals surface area contributed by atoms with Gasteiger partial charge in [-0.05, 0) is 30.5 Å². The van der Waals surface area contributed by atoms with Crippen LogP contribution in [0.25, 0.3) is 11.3 Å². The van der Waals surface area contributed by atoms with Gasteiger partial charge in [-0.2, -0.15) is 5.10 Å². The van der Waals surface area contributed by atoms with Crippen molar-refractivity contribution in [3.05, 3.63) is 65.4 Å². The molecule has 0 aliphatic carbocycles. The summed E-state index contributed by atoms with van der Waals surface area (Å²) in [6.45, 7) is 4.92. The summed E-state index contributed by atoms with van der Waals surface area (Å²) in [6.07, 6.45) is 6.83. The normalized spacial score (nSPS) is 10.9. The topological polar surface area (TPSA) is 80.9 Å². The van der Waals surface area contributed by atoms with E-state index in [0.717, 1.165) is 49.3 Å². The van der Waals surface area contributed by atoms with Gasteiger partial charge in [-0.1, -0.05) is 44.5 Å². The molecule has 146 valence electrons. The second-order valence-corrected chi connectivity index (χ2v) is 6.86. The first-order chi connectivity index (χ1) is 13.6. The molecule has 0 aliphatic heterocycles. The smallest absolute Gasteiger partial charge is 0.336 e. The van der Waals surface area contributed by atoms with Gasteiger partial charge in [0.1, 0.15) is 5.82 Å². The van der Waals surface area contributed by atoms with Crippen LogP contribution in [0, 0.1) is 0 Å². The molecule has 0 spiro atoms. The summed E-state index contributed by atoms with van der Waals surface area (Å²) < 4.78 is 1.97. The fraction of sp³-hybridized carbons (Fsp3) is 0.364. The molecule has 0 unspecified atom stereocenters. The number of aromatic nitrogens is 4. The van der Waals surface area contributed by atoms with Gasteiger partial charge >= 0.3 is 5.97 Å². The lowest BCUT2D eigenvalue weighted by Gasteiger charge is -2.08. The van der Waals surface area contributed by atoms with Gasteiger partial charge in [0.25, 0.3) is 0 Å². The van der Waals surface area contributed by atoms with E-state index in [1.54, 1.807) is 24.4 Å². The Morgan fingerprint density at radius 1 is 1.07 bits per heavy atom. The molecule has 0 bridgehead atoms. The molecule has 0 aliphatic rings. The zero-order valence-corrected chi connectivity index (χ0v) is 16.4. The maximum atomic E-state index is 11.4. The Bertz CT molecular complexity index is 932. The lowest BCUT2D eigenvalue weighted by Crippen LogP contribution is -2.08. The van der Waals surface area contributed by atoms with Gasteiger partial charge in [0, 0.05) is 24.6 Å². The number of rotatable bonds is 9. The molecule has 0 amide bonds. The van der Waals surface area contributed by atoms with Crippen molar-refractivity contribution in [2.45, 2.75) is 52.5 Å². The molecule has 2 aromatic heterocycles. The van der Waals surface area contributed by atoms with Crippen molar-refractivity contribution < 1.29 is 9.90 Å². The number of carboxylic acids is 1. The van der Waals surface area contributed by atoms with Crippen LogP contribution in [-0.2, 0) is 19.4 Å². The van der Waals surface area contributed by atoms with Crippen LogP contribution in [0.15, 0.2) is 42.6 Å². The third-order valence-corrected chi connectivity index (χ3v) is 4.61. The zero-order chi connectivity index (χ0) is 19.9. The highest BCUT2D eigenvalue weighted by atomic mass is 16.4. The average molecular weight is 378 g/mol. The van der Waals surface area contributed by atoms with Crippen molar-refractivity contribution in [2.75, 3.05) is 0 Å². The molecule has 0 fully saturated rings. The van der Waals surface area contributed by atoms with E-state index < -0.39 is 5.97 Å². The molecule has 0 radical (unpaired) electrons. The number of aryl methyl sites for hydroxylation is 2. The predicted octanol–water partition coefficient (Wildman–Crippen LogP) is 4.38. The van der Waals surface area contributed by atoms with Crippen LogP contribution in [0.4, 0.5) is 0 Å². The van der Waals surface area contributed by atoms with Crippen LogP contribution in [0.3, 0.4) is 0 Å². The first-order valence-electron chi connectivity index (χ1n) is 9.82. The summed E-state index contributed by atoms with van der Waals surface area (Å²) in [6, 6.07) is 10.8. The Morgan fingerprint density at radius 3 is 2.57 bits per heavy atom. The Balaban J connectivity index is 1.82. The fourth-order valence-corrected chi connectivity index (χ4v) is 3.15. The second-order valence-electron chi connectivity index (χ2n) is 6.86.